The molecule has 0 unspecified atom stereocenters. The van der Waals surface area contributed by atoms with Gasteiger partial charge in [0.2, 0.25) is 0 Å². The summed E-state index contributed by atoms with van der Waals surface area (Å²) < 4.78 is 2.74. The number of nitrogens with one attached hydrogen (secondary N) is 1. The smallest absolute Gasteiger partial charge is 0.0661 e. The summed E-state index contributed by atoms with van der Waals surface area (Å²) in [6.07, 6.45) is 3.65. The lowest BCUT2D eigenvalue weighted by atomic mass is 10.1. The Kier molecular flexibility index (Phi) is 4.33. The fourth-order valence-corrected chi connectivity index (χ4v) is 2.15. The second-order valence-electron chi connectivity index (χ2n) is 5.48. The van der Waals surface area contributed by atoms with Gasteiger partial charge in [0.25, 0.3) is 0 Å². The zero-order valence-electron chi connectivity index (χ0n) is 11.2. The molecule has 0 aliphatic carbocycles. The molecule has 0 aliphatic rings. The van der Waals surface area contributed by atoms with E-state index in [2.05, 4.69) is 47.1 Å². The standard InChI is InChI=1S/C14H17BrClN3/c1-14(2,3)17-7-10-4-5-12(6-13(10)16)19-9-11(15)8-18-19/h4-6,8-9,17H,7H2,1-3H3. The van der Waals surface area contributed by atoms with Crippen LogP contribution >= 0.6 is 27.5 Å². The van der Waals surface area contributed by atoms with E-state index in [1.54, 1.807) is 10.9 Å². The second-order valence-corrected chi connectivity index (χ2v) is 6.81. The predicted molar refractivity (Wildman–Crippen MR) is 82.9 cm³/mol. The van der Waals surface area contributed by atoms with E-state index in [0.717, 1.165) is 27.3 Å². The number of hydrogen-bond donors (Lipinski definition) is 1. The maximum Gasteiger partial charge on any atom is 0.0661 e. The molecule has 0 spiro atoms. The van der Waals surface area contributed by atoms with Crippen LogP contribution in [0.4, 0.5) is 0 Å². The van der Waals surface area contributed by atoms with Crippen molar-refractivity contribution in [3.63, 3.8) is 0 Å². The lowest BCUT2D eigenvalue weighted by Crippen LogP contribution is -2.35. The van der Waals surface area contributed by atoms with Crippen molar-refractivity contribution < 1.29 is 0 Å². The van der Waals surface area contributed by atoms with Gasteiger partial charge in [0.15, 0.2) is 0 Å². The van der Waals surface area contributed by atoms with E-state index in [0.29, 0.717) is 0 Å². The minimum atomic E-state index is 0.0782. The van der Waals surface area contributed by atoms with E-state index in [1.165, 1.54) is 0 Å². The number of rotatable bonds is 3. The molecule has 1 aromatic carbocycles. The van der Waals surface area contributed by atoms with Crippen molar-refractivity contribution in [1.82, 2.24) is 15.1 Å². The van der Waals surface area contributed by atoms with E-state index >= 15 is 0 Å². The van der Waals surface area contributed by atoms with E-state index in [9.17, 15) is 0 Å². The Bertz CT molecular complexity index is 572. The van der Waals surface area contributed by atoms with Gasteiger partial charge >= 0.3 is 0 Å². The van der Waals surface area contributed by atoms with Crippen LogP contribution in [0.25, 0.3) is 5.69 Å². The van der Waals surface area contributed by atoms with Gasteiger partial charge in [0, 0.05) is 23.3 Å². The normalized spacial score (nSPS) is 11.8. The number of nitrogens with zero attached hydrogens (tertiary/aromatic N) is 2. The molecule has 0 amide bonds. The molecule has 102 valence electrons. The summed E-state index contributed by atoms with van der Waals surface area (Å²) in [7, 11) is 0. The topological polar surface area (TPSA) is 29.9 Å². The SMILES string of the molecule is CC(C)(C)NCc1ccc(-n2cc(Br)cn2)cc1Cl. The van der Waals surface area contributed by atoms with Gasteiger partial charge in [0.1, 0.15) is 0 Å². The minimum Gasteiger partial charge on any atom is -0.308 e. The molecule has 19 heavy (non-hydrogen) atoms. The summed E-state index contributed by atoms with van der Waals surface area (Å²) in [5, 5.41) is 8.42. The van der Waals surface area contributed by atoms with Crippen LogP contribution in [0.3, 0.4) is 0 Å². The molecule has 5 heteroatoms. The fourth-order valence-electron chi connectivity index (χ4n) is 1.62. The van der Waals surface area contributed by atoms with Crippen LogP contribution in [0.2, 0.25) is 5.02 Å². The zero-order chi connectivity index (χ0) is 14.0. The van der Waals surface area contributed by atoms with Crippen LogP contribution in [0.15, 0.2) is 35.1 Å². The Morgan fingerprint density at radius 1 is 1.37 bits per heavy atom. The number of aromatic nitrogens is 2. The molecular weight excluding hydrogens is 326 g/mol. The van der Waals surface area contributed by atoms with Crippen LogP contribution in [0.1, 0.15) is 26.3 Å². The van der Waals surface area contributed by atoms with Crippen molar-refractivity contribution >= 4 is 27.5 Å². The Balaban J connectivity index is 2.18. The monoisotopic (exact) mass is 341 g/mol. The van der Waals surface area contributed by atoms with Crippen molar-refractivity contribution in [2.75, 3.05) is 0 Å². The lowest BCUT2D eigenvalue weighted by molar-refractivity contribution is 0.424. The van der Waals surface area contributed by atoms with Gasteiger partial charge in [0.05, 0.1) is 16.4 Å². The summed E-state index contributed by atoms with van der Waals surface area (Å²) in [4.78, 5) is 0. The molecule has 1 N–H and O–H groups in total. The van der Waals surface area contributed by atoms with Crippen molar-refractivity contribution in [1.29, 1.82) is 0 Å². The van der Waals surface area contributed by atoms with Crippen molar-refractivity contribution in [2.45, 2.75) is 32.9 Å². The summed E-state index contributed by atoms with van der Waals surface area (Å²) in [6.45, 7) is 7.16. The van der Waals surface area contributed by atoms with Gasteiger partial charge < -0.3 is 5.32 Å². The van der Waals surface area contributed by atoms with E-state index in [-0.39, 0.29) is 5.54 Å². The third kappa shape index (κ3) is 4.06. The maximum atomic E-state index is 6.32. The molecule has 0 bridgehead atoms. The number of halogens is 2. The average molecular weight is 343 g/mol. The van der Waals surface area contributed by atoms with Crippen LogP contribution in [-0.4, -0.2) is 15.3 Å². The van der Waals surface area contributed by atoms with Gasteiger partial charge in [-0.25, -0.2) is 4.68 Å². The first-order valence-corrected chi connectivity index (χ1v) is 7.26. The molecule has 1 heterocycles. The van der Waals surface area contributed by atoms with E-state index < -0.39 is 0 Å². The van der Waals surface area contributed by atoms with E-state index in [1.807, 2.05) is 24.4 Å². The summed E-state index contributed by atoms with van der Waals surface area (Å²) in [6, 6.07) is 5.98. The molecule has 2 aromatic rings. The first-order valence-electron chi connectivity index (χ1n) is 6.09. The average Bonchev–Trinajstić information content (AvgIpc) is 2.73. The highest BCUT2D eigenvalue weighted by Gasteiger charge is 2.10. The van der Waals surface area contributed by atoms with Crippen molar-refractivity contribution in [3.05, 3.63) is 45.7 Å². The minimum absolute atomic E-state index is 0.0782. The molecule has 0 aliphatic heterocycles. The number of hydrogen-bond acceptors (Lipinski definition) is 2. The summed E-state index contributed by atoms with van der Waals surface area (Å²) in [5.74, 6) is 0. The van der Waals surface area contributed by atoms with Crippen LogP contribution < -0.4 is 5.32 Å². The van der Waals surface area contributed by atoms with Gasteiger partial charge in [-0.05, 0) is 54.4 Å². The van der Waals surface area contributed by atoms with Gasteiger partial charge in [-0.3, -0.25) is 0 Å². The van der Waals surface area contributed by atoms with Crippen LogP contribution in [0.5, 0.6) is 0 Å². The Morgan fingerprint density at radius 2 is 2.11 bits per heavy atom. The van der Waals surface area contributed by atoms with Gasteiger partial charge in [-0.1, -0.05) is 17.7 Å². The highest BCUT2D eigenvalue weighted by Crippen LogP contribution is 2.21. The highest BCUT2D eigenvalue weighted by molar-refractivity contribution is 9.10. The van der Waals surface area contributed by atoms with Crippen LogP contribution in [0, 0.1) is 0 Å². The Morgan fingerprint density at radius 3 is 2.63 bits per heavy atom. The highest BCUT2D eigenvalue weighted by atomic mass is 79.9. The molecule has 0 radical (unpaired) electrons. The van der Waals surface area contributed by atoms with Gasteiger partial charge in [-0.15, -0.1) is 0 Å². The molecule has 0 saturated heterocycles. The molecule has 3 nitrogen and oxygen atoms in total. The summed E-state index contributed by atoms with van der Waals surface area (Å²) >= 11 is 9.70. The van der Waals surface area contributed by atoms with Crippen molar-refractivity contribution in [3.8, 4) is 5.69 Å². The maximum absolute atomic E-state index is 6.32. The third-order valence-electron chi connectivity index (χ3n) is 2.66. The number of benzene rings is 1. The molecule has 1 aromatic heterocycles. The largest absolute Gasteiger partial charge is 0.308 e. The first kappa shape index (κ1) is 14.6. The molecular formula is C14H17BrClN3. The third-order valence-corrected chi connectivity index (χ3v) is 3.42. The molecule has 2 rings (SSSR count). The Labute approximate surface area is 127 Å². The van der Waals surface area contributed by atoms with Crippen molar-refractivity contribution in [2.24, 2.45) is 0 Å². The predicted octanol–water partition coefficient (Wildman–Crippen LogP) is 4.18. The fraction of sp³-hybridized carbons (Fsp3) is 0.357. The lowest BCUT2D eigenvalue weighted by Gasteiger charge is -2.21. The zero-order valence-corrected chi connectivity index (χ0v) is 13.6. The second kappa shape index (κ2) is 5.65. The van der Waals surface area contributed by atoms with Crippen LogP contribution in [-0.2, 0) is 6.54 Å². The summed E-state index contributed by atoms with van der Waals surface area (Å²) in [5.41, 5.74) is 2.12. The molecule has 0 saturated carbocycles. The first-order chi connectivity index (χ1) is 8.85. The van der Waals surface area contributed by atoms with E-state index in [4.69, 9.17) is 11.6 Å². The Hall–Kier alpha value is -0.840. The molecule has 0 atom stereocenters. The molecule has 0 fully saturated rings. The quantitative estimate of drug-likeness (QED) is 0.907. The van der Waals surface area contributed by atoms with Gasteiger partial charge in [-0.2, -0.15) is 5.10 Å².